The van der Waals surface area contributed by atoms with E-state index in [2.05, 4.69) is 26.3 Å². The number of anilines is 1. The van der Waals surface area contributed by atoms with E-state index in [1.165, 1.54) is 37.9 Å². The molecule has 0 saturated carbocycles. The van der Waals surface area contributed by atoms with E-state index in [-0.39, 0.29) is 24.4 Å². The summed E-state index contributed by atoms with van der Waals surface area (Å²) in [5.74, 6) is -0.992. The van der Waals surface area contributed by atoms with E-state index >= 15 is 0 Å². The normalized spacial score (nSPS) is 11.1. The van der Waals surface area contributed by atoms with Crippen LogP contribution in [-0.2, 0) is 15.1 Å². The molecular weight excluding hydrogens is 418 g/mol. The average Bonchev–Trinajstić information content (AvgIpc) is 3.08. The maximum absolute atomic E-state index is 12.4. The van der Waals surface area contributed by atoms with Crippen LogP contribution in [0.4, 0.5) is 5.82 Å². The summed E-state index contributed by atoms with van der Waals surface area (Å²) in [5.41, 5.74) is -0.844. The molecule has 0 saturated heterocycles. The van der Waals surface area contributed by atoms with Crippen molar-refractivity contribution in [3.05, 3.63) is 40.5 Å². The molecule has 0 unspecified atom stereocenters. The fourth-order valence-corrected chi connectivity index (χ4v) is 2.63. The summed E-state index contributed by atoms with van der Waals surface area (Å²) in [7, 11) is 1.47. The zero-order valence-corrected chi connectivity index (χ0v) is 16.7. The minimum Gasteiger partial charge on any atom is -0.496 e. The van der Waals surface area contributed by atoms with Crippen molar-refractivity contribution < 1.29 is 24.2 Å². The molecule has 1 heterocycles. The third-order valence-electron chi connectivity index (χ3n) is 3.99. The van der Waals surface area contributed by atoms with E-state index < -0.39 is 17.4 Å². The zero-order chi connectivity index (χ0) is 20.2. The predicted molar refractivity (Wildman–Crippen MR) is 102 cm³/mol. The van der Waals surface area contributed by atoms with Gasteiger partial charge < -0.3 is 15.2 Å². The molecule has 0 atom stereocenters. The van der Waals surface area contributed by atoms with Crippen molar-refractivity contribution in [2.24, 2.45) is 0 Å². The van der Waals surface area contributed by atoms with Gasteiger partial charge in [0.15, 0.2) is 17.1 Å². The molecule has 1 aromatic heterocycles. The van der Waals surface area contributed by atoms with Crippen LogP contribution in [0.15, 0.2) is 34.9 Å². The van der Waals surface area contributed by atoms with E-state index in [4.69, 9.17) is 4.74 Å². The fraction of sp³-hybridized carbons (Fsp3) is 0.333. The number of halogens is 1. The summed E-state index contributed by atoms with van der Waals surface area (Å²) in [6.45, 7) is 3.00. The van der Waals surface area contributed by atoms with Crippen molar-refractivity contribution in [2.75, 3.05) is 12.4 Å². The maximum atomic E-state index is 12.4. The van der Waals surface area contributed by atoms with Crippen LogP contribution in [0.5, 0.6) is 5.75 Å². The van der Waals surface area contributed by atoms with Gasteiger partial charge in [-0.1, -0.05) is 15.9 Å². The number of carbonyl (C=O) groups is 3. The van der Waals surface area contributed by atoms with Crippen LogP contribution >= 0.6 is 15.9 Å². The predicted octanol–water partition coefficient (Wildman–Crippen LogP) is 3.08. The standard InChI is InChI=1S/C18H20BrN3O5/c1-18(2,17(25)26)22-9-8-15(21-22)20-16(24)7-5-13(23)12-10-11(19)4-6-14(12)27-3/h4,6,8-10H,5,7H2,1-3H3,(H,25,26)(H,20,21,24). The highest BCUT2D eigenvalue weighted by molar-refractivity contribution is 9.10. The number of carboxylic acids is 1. The van der Waals surface area contributed by atoms with Gasteiger partial charge in [0.25, 0.3) is 0 Å². The maximum Gasteiger partial charge on any atom is 0.331 e. The number of Topliss-reactive ketones (excluding diaryl/α,β-unsaturated/α-hetero) is 1. The quantitative estimate of drug-likeness (QED) is 0.613. The SMILES string of the molecule is COc1ccc(Br)cc1C(=O)CCC(=O)Nc1ccn(C(C)(C)C(=O)O)n1. The Kier molecular flexibility index (Phi) is 6.37. The van der Waals surface area contributed by atoms with Gasteiger partial charge in [-0.05, 0) is 32.0 Å². The van der Waals surface area contributed by atoms with Crippen LogP contribution in [0, 0.1) is 0 Å². The molecule has 2 rings (SSSR count). The van der Waals surface area contributed by atoms with Crippen LogP contribution in [0.25, 0.3) is 0 Å². The van der Waals surface area contributed by atoms with E-state index in [1.54, 1.807) is 18.2 Å². The van der Waals surface area contributed by atoms with Crippen LogP contribution in [0.3, 0.4) is 0 Å². The molecule has 0 aliphatic carbocycles. The Morgan fingerprint density at radius 1 is 1.26 bits per heavy atom. The Hall–Kier alpha value is -2.68. The first kappa shape index (κ1) is 20.6. The third-order valence-corrected chi connectivity index (χ3v) is 4.49. The largest absolute Gasteiger partial charge is 0.496 e. The van der Waals surface area contributed by atoms with Gasteiger partial charge in [-0.15, -0.1) is 0 Å². The van der Waals surface area contributed by atoms with Gasteiger partial charge in [-0.3, -0.25) is 14.3 Å². The van der Waals surface area contributed by atoms with Gasteiger partial charge in [-0.25, -0.2) is 4.79 Å². The molecule has 2 N–H and O–H groups in total. The van der Waals surface area contributed by atoms with E-state index in [1.807, 2.05) is 0 Å². The number of hydrogen-bond donors (Lipinski definition) is 2. The number of aromatic nitrogens is 2. The topological polar surface area (TPSA) is 111 Å². The highest BCUT2D eigenvalue weighted by Crippen LogP contribution is 2.24. The summed E-state index contributed by atoms with van der Waals surface area (Å²) in [6, 6.07) is 6.59. The lowest BCUT2D eigenvalue weighted by atomic mass is 10.1. The van der Waals surface area contributed by atoms with Crippen LogP contribution in [0.1, 0.15) is 37.0 Å². The smallest absolute Gasteiger partial charge is 0.331 e. The molecule has 9 heteroatoms. The van der Waals surface area contributed by atoms with Crippen molar-refractivity contribution >= 4 is 39.4 Å². The molecule has 8 nitrogen and oxygen atoms in total. The molecule has 0 spiro atoms. The van der Waals surface area contributed by atoms with Crippen molar-refractivity contribution in [2.45, 2.75) is 32.2 Å². The first-order valence-electron chi connectivity index (χ1n) is 8.11. The second-order valence-corrected chi connectivity index (χ2v) is 7.24. The Labute approximate surface area is 164 Å². The second kappa shape index (κ2) is 8.34. The number of carbonyl (C=O) groups excluding carboxylic acids is 2. The van der Waals surface area contributed by atoms with E-state index in [0.29, 0.717) is 11.3 Å². The van der Waals surface area contributed by atoms with Gasteiger partial charge in [0.05, 0.1) is 12.7 Å². The lowest BCUT2D eigenvalue weighted by molar-refractivity contribution is -0.146. The number of rotatable bonds is 8. The third kappa shape index (κ3) is 4.94. The Morgan fingerprint density at radius 3 is 2.59 bits per heavy atom. The molecular formula is C18H20BrN3O5. The zero-order valence-electron chi connectivity index (χ0n) is 15.2. The number of hydrogen-bond acceptors (Lipinski definition) is 5. The lowest BCUT2D eigenvalue weighted by Crippen LogP contribution is -2.36. The molecule has 0 fully saturated rings. The number of methoxy groups -OCH3 is 1. The monoisotopic (exact) mass is 437 g/mol. The summed E-state index contributed by atoms with van der Waals surface area (Å²) in [6.07, 6.45) is 1.44. The highest BCUT2D eigenvalue weighted by Gasteiger charge is 2.30. The van der Waals surface area contributed by atoms with Crippen molar-refractivity contribution in [3.63, 3.8) is 0 Å². The summed E-state index contributed by atoms with van der Waals surface area (Å²) in [4.78, 5) is 35.7. The number of amides is 1. The lowest BCUT2D eigenvalue weighted by Gasteiger charge is -2.19. The fourth-order valence-electron chi connectivity index (χ4n) is 2.27. The number of carboxylic acid groups (broad SMARTS) is 1. The van der Waals surface area contributed by atoms with Gasteiger partial charge in [0.1, 0.15) is 5.75 Å². The molecule has 0 aliphatic rings. The summed E-state index contributed by atoms with van der Waals surface area (Å²) >= 11 is 3.31. The van der Waals surface area contributed by atoms with Gasteiger partial charge in [0.2, 0.25) is 5.91 Å². The average molecular weight is 438 g/mol. The molecule has 0 bridgehead atoms. The molecule has 0 radical (unpaired) electrons. The van der Waals surface area contributed by atoms with Crippen molar-refractivity contribution in [1.82, 2.24) is 9.78 Å². The van der Waals surface area contributed by atoms with Gasteiger partial charge >= 0.3 is 5.97 Å². The number of aliphatic carboxylic acids is 1. The van der Waals surface area contributed by atoms with Gasteiger partial charge in [-0.2, -0.15) is 5.10 Å². The second-order valence-electron chi connectivity index (χ2n) is 6.33. The first-order chi connectivity index (χ1) is 12.6. The van der Waals surface area contributed by atoms with Gasteiger partial charge in [0, 0.05) is 29.6 Å². The summed E-state index contributed by atoms with van der Waals surface area (Å²) < 4.78 is 7.17. The number of benzene rings is 1. The number of nitrogens with zero attached hydrogens (tertiary/aromatic N) is 2. The minimum absolute atomic E-state index is 0.0000256. The first-order valence-corrected chi connectivity index (χ1v) is 8.90. The molecule has 1 amide bonds. The molecule has 1 aromatic carbocycles. The minimum atomic E-state index is -1.24. The van der Waals surface area contributed by atoms with Crippen molar-refractivity contribution in [3.8, 4) is 5.75 Å². The number of ketones is 1. The number of ether oxygens (including phenoxy) is 1. The van der Waals surface area contributed by atoms with E-state index in [9.17, 15) is 19.5 Å². The molecule has 2 aromatic rings. The molecule has 0 aliphatic heterocycles. The van der Waals surface area contributed by atoms with E-state index in [0.717, 1.165) is 4.47 Å². The van der Waals surface area contributed by atoms with Crippen molar-refractivity contribution in [1.29, 1.82) is 0 Å². The van der Waals surface area contributed by atoms with Crippen LogP contribution in [0.2, 0.25) is 0 Å². The van der Waals surface area contributed by atoms with Crippen LogP contribution < -0.4 is 10.1 Å². The Morgan fingerprint density at radius 2 is 1.96 bits per heavy atom. The summed E-state index contributed by atoms with van der Waals surface area (Å²) in [5, 5.41) is 15.8. The number of nitrogens with one attached hydrogen (secondary N) is 1. The molecule has 144 valence electrons. The Bertz CT molecular complexity index is 876. The Balaban J connectivity index is 1.97. The molecule has 27 heavy (non-hydrogen) atoms. The van der Waals surface area contributed by atoms with Crippen LogP contribution in [-0.4, -0.2) is 39.7 Å². The highest BCUT2D eigenvalue weighted by atomic mass is 79.9.